The SMILES string of the molecule is O=c1nc(-c2ccc3ncn(-c4cccc(-c5ccc(C(F)(F)F)cc5)c4)c3c2)[nH]o1. The molecule has 5 aromatic rings. The fraction of sp³-hybridized carbons (Fsp3) is 0.0455. The third-order valence-corrected chi connectivity index (χ3v) is 4.93. The predicted octanol–water partition coefficient (Wildman–Crippen LogP) is 5.05. The van der Waals surface area contributed by atoms with Crippen LogP contribution in [0, 0.1) is 0 Å². The van der Waals surface area contributed by atoms with E-state index in [1.165, 1.54) is 12.1 Å². The maximum absolute atomic E-state index is 12.8. The Morgan fingerprint density at radius 3 is 2.39 bits per heavy atom. The van der Waals surface area contributed by atoms with Crippen molar-refractivity contribution >= 4 is 11.0 Å². The Hall–Kier alpha value is -4.14. The molecule has 5 rings (SSSR count). The van der Waals surface area contributed by atoms with Crippen LogP contribution in [0.4, 0.5) is 13.2 Å². The largest absolute Gasteiger partial charge is 0.460 e. The maximum Gasteiger partial charge on any atom is 0.460 e. The van der Waals surface area contributed by atoms with Crippen LogP contribution >= 0.6 is 0 Å². The third kappa shape index (κ3) is 3.50. The van der Waals surface area contributed by atoms with Gasteiger partial charge in [0.15, 0.2) is 5.82 Å². The van der Waals surface area contributed by atoms with Gasteiger partial charge in [0.2, 0.25) is 0 Å². The van der Waals surface area contributed by atoms with Crippen LogP contribution in [0.5, 0.6) is 0 Å². The molecule has 0 spiro atoms. The quantitative estimate of drug-likeness (QED) is 0.441. The summed E-state index contributed by atoms with van der Waals surface area (Å²) in [6.07, 6.45) is -2.71. The van der Waals surface area contributed by atoms with Gasteiger partial charge in [-0.25, -0.2) is 9.78 Å². The van der Waals surface area contributed by atoms with E-state index in [1.54, 1.807) is 18.5 Å². The second kappa shape index (κ2) is 6.98. The van der Waals surface area contributed by atoms with Crippen molar-refractivity contribution < 1.29 is 17.7 Å². The Labute approximate surface area is 172 Å². The zero-order valence-corrected chi connectivity index (χ0v) is 15.7. The van der Waals surface area contributed by atoms with E-state index in [-0.39, 0.29) is 0 Å². The van der Waals surface area contributed by atoms with Crippen LogP contribution in [-0.4, -0.2) is 19.7 Å². The first-order valence-corrected chi connectivity index (χ1v) is 9.19. The fourth-order valence-corrected chi connectivity index (χ4v) is 3.40. The molecule has 0 radical (unpaired) electrons. The Morgan fingerprint density at radius 1 is 0.903 bits per heavy atom. The van der Waals surface area contributed by atoms with Crippen molar-refractivity contribution in [3.05, 3.63) is 89.2 Å². The molecule has 1 N–H and O–H groups in total. The molecule has 0 aliphatic carbocycles. The number of rotatable bonds is 3. The summed E-state index contributed by atoms with van der Waals surface area (Å²) in [5.41, 5.74) is 3.68. The van der Waals surface area contributed by atoms with E-state index in [1.807, 2.05) is 34.9 Å². The Morgan fingerprint density at radius 2 is 1.68 bits per heavy atom. The van der Waals surface area contributed by atoms with Gasteiger partial charge in [-0.05, 0) is 53.6 Å². The summed E-state index contributed by atoms with van der Waals surface area (Å²) in [5, 5.41) is 2.48. The number of aromatic amines is 1. The van der Waals surface area contributed by atoms with Crippen LogP contribution in [0.15, 0.2) is 82.4 Å². The number of H-pyrrole nitrogens is 1. The highest BCUT2D eigenvalue weighted by Gasteiger charge is 2.29. The Bertz CT molecular complexity index is 1450. The molecular weight excluding hydrogens is 409 g/mol. The number of fused-ring (bicyclic) bond motifs is 1. The molecule has 0 saturated heterocycles. The summed E-state index contributed by atoms with van der Waals surface area (Å²) in [5.74, 6) is -0.411. The highest BCUT2D eigenvalue weighted by Crippen LogP contribution is 2.32. The number of halogens is 3. The molecule has 31 heavy (non-hydrogen) atoms. The molecule has 0 aliphatic heterocycles. The van der Waals surface area contributed by atoms with E-state index < -0.39 is 17.5 Å². The van der Waals surface area contributed by atoms with E-state index in [0.717, 1.165) is 34.4 Å². The molecule has 2 aromatic heterocycles. The van der Waals surface area contributed by atoms with Gasteiger partial charge in [-0.1, -0.05) is 24.3 Å². The van der Waals surface area contributed by atoms with Crippen LogP contribution in [0.2, 0.25) is 0 Å². The standard InChI is InChI=1S/C22H13F3N4O2/c23-22(24,25)16-7-4-13(5-8-16)14-2-1-3-17(10-14)29-12-26-18-9-6-15(11-19(18)29)20-27-21(30)31-28-20/h1-12H,(H,27,28,30). The third-order valence-electron chi connectivity index (χ3n) is 4.93. The molecule has 154 valence electrons. The molecule has 0 fully saturated rings. The number of aromatic nitrogens is 4. The molecular formula is C22H13F3N4O2. The highest BCUT2D eigenvalue weighted by atomic mass is 19.4. The maximum atomic E-state index is 12.8. The van der Waals surface area contributed by atoms with E-state index in [0.29, 0.717) is 17.0 Å². The summed E-state index contributed by atoms with van der Waals surface area (Å²) >= 11 is 0. The summed E-state index contributed by atoms with van der Waals surface area (Å²) < 4.78 is 45.0. The first-order chi connectivity index (χ1) is 14.9. The zero-order chi connectivity index (χ0) is 21.6. The van der Waals surface area contributed by atoms with Gasteiger partial charge in [0.05, 0.1) is 16.6 Å². The van der Waals surface area contributed by atoms with Crippen LogP contribution < -0.4 is 5.76 Å². The predicted molar refractivity (Wildman–Crippen MR) is 108 cm³/mol. The van der Waals surface area contributed by atoms with Crippen molar-refractivity contribution in [1.82, 2.24) is 19.7 Å². The number of nitrogens with zero attached hydrogens (tertiary/aromatic N) is 3. The van der Waals surface area contributed by atoms with Gasteiger partial charge in [-0.3, -0.25) is 4.57 Å². The molecule has 6 nitrogen and oxygen atoms in total. The molecule has 3 aromatic carbocycles. The molecule has 9 heteroatoms. The van der Waals surface area contributed by atoms with Gasteiger partial charge >= 0.3 is 11.9 Å². The fourth-order valence-electron chi connectivity index (χ4n) is 3.40. The number of nitrogens with one attached hydrogen (secondary N) is 1. The molecule has 0 unspecified atom stereocenters. The molecule has 2 heterocycles. The number of hydrogen-bond donors (Lipinski definition) is 1. The van der Waals surface area contributed by atoms with Crippen LogP contribution in [0.3, 0.4) is 0 Å². The lowest BCUT2D eigenvalue weighted by Gasteiger charge is -2.10. The van der Waals surface area contributed by atoms with Crippen molar-refractivity contribution in [1.29, 1.82) is 0 Å². The summed E-state index contributed by atoms with van der Waals surface area (Å²) in [6, 6.07) is 17.8. The van der Waals surface area contributed by atoms with Gasteiger partial charge < -0.3 is 4.52 Å². The lowest BCUT2D eigenvalue weighted by molar-refractivity contribution is -0.137. The summed E-state index contributed by atoms with van der Waals surface area (Å²) in [6.45, 7) is 0. The number of benzene rings is 3. The van der Waals surface area contributed by atoms with Gasteiger partial charge in [0.1, 0.15) is 6.33 Å². The second-order valence-corrected chi connectivity index (χ2v) is 6.87. The first-order valence-electron chi connectivity index (χ1n) is 9.19. The summed E-state index contributed by atoms with van der Waals surface area (Å²) in [4.78, 5) is 19.4. The van der Waals surface area contributed by atoms with Gasteiger partial charge in [-0.15, -0.1) is 0 Å². The lowest BCUT2D eigenvalue weighted by Crippen LogP contribution is -2.04. The van der Waals surface area contributed by atoms with Gasteiger partial charge in [0, 0.05) is 11.3 Å². The highest BCUT2D eigenvalue weighted by molar-refractivity contribution is 5.82. The topological polar surface area (TPSA) is 76.7 Å². The van der Waals surface area contributed by atoms with E-state index in [2.05, 4.69) is 19.6 Å². The minimum absolute atomic E-state index is 0.304. The summed E-state index contributed by atoms with van der Waals surface area (Å²) in [7, 11) is 0. The van der Waals surface area contributed by atoms with Crippen molar-refractivity contribution in [2.75, 3.05) is 0 Å². The monoisotopic (exact) mass is 422 g/mol. The zero-order valence-electron chi connectivity index (χ0n) is 15.7. The average Bonchev–Trinajstić information content (AvgIpc) is 3.39. The Balaban J connectivity index is 1.56. The smallest absolute Gasteiger partial charge is 0.321 e. The van der Waals surface area contributed by atoms with Crippen LogP contribution in [-0.2, 0) is 6.18 Å². The van der Waals surface area contributed by atoms with Gasteiger partial charge in [0.25, 0.3) is 0 Å². The molecule has 0 saturated carbocycles. The molecule has 0 atom stereocenters. The first kappa shape index (κ1) is 18.9. The van der Waals surface area contributed by atoms with Crippen molar-refractivity contribution in [3.63, 3.8) is 0 Å². The van der Waals surface area contributed by atoms with Crippen LogP contribution in [0.1, 0.15) is 5.56 Å². The minimum Gasteiger partial charge on any atom is -0.321 e. The van der Waals surface area contributed by atoms with Crippen molar-refractivity contribution in [2.24, 2.45) is 0 Å². The van der Waals surface area contributed by atoms with Crippen molar-refractivity contribution in [3.8, 4) is 28.2 Å². The van der Waals surface area contributed by atoms with Crippen molar-refractivity contribution in [2.45, 2.75) is 6.18 Å². The number of hydrogen-bond acceptors (Lipinski definition) is 4. The average molecular weight is 422 g/mol. The second-order valence-electron chi connectivity index (χ2n) is 6.87. The van der Waals surface area contributed by atoms with Gasteiger partial charge in [-0.2, -0.15) is 23.3 Å². The Kier molecular flexibility index (Phi) is 4.25. The van der Waals surface area contributed by atoms with E-state index >= 15 is 0 Å². The van der Waals surface area contributed by atoms with Crippen LogP contribution in [0.25, 0.3) is 39.2 Å². The minimum atomic E-state index is -4.37. The lowest BCUT2D eigenvalue weighted by atomic mass is 10.0. The number of imidazole rings is 1. The molecule has 0 aliphatic rings. The number of alkyl halides is 3. The normalized spacial score (nSPS) is 11.8. The molecule has 0 bridgehead atoms. The van der Waals surface area contributed by atoms with E-state index in [9.17, 15) is 18.0 Å². The molecule has 0 amide bonds. The van der Waals surface area contributed by atoms with E-state index in [4.69, 9.17) is 0 Å².